The number of hydrogen-bond acceptors (Lipinski definition) is 4. The average Bonchev–Trinajstić information content (AvgIpc) is 2.38. The molecule has 0 radical (unpaired) electrons. The van der Waals surface area contributed by atoms with Gasteiger partial charge in [0.15, 0.2) is 0 Å². The van der Waals surface area contributed by atoms with Gasteiger partial charge in [0, 0.05) is 39.3 Å². The smallest absolute Gasteiger partial charge is 0.244 e. The van der Waals surface area contributed by atoms with Gasteiger partial charge in [0.1, 0.15) is 4.90 Å². The first kappa shape index (κ1) is 15.3. The van der Waals surface area contributed by atoms with Crippen molar-refractivity contribution in [1.82, 2.24) is 9.62 Å². The van der Waals surface area contributed by atoms with E-state index in [0.29, 0.717) is 4.90 Å². The number of rotatable bonds is 3. The standard InChI is InChI=1S/C14H23N3O2S/c1-14(2)11-15-9-10-17(14)12-7-5-6-8-13(12)20(18,19)16(3)4/h5-8,15H,9-11H2,1-4H3. The van der Waals surface area contributed by atoms with E-state index in [0.717, 1.165) is 25.3 Å². The molecule has 0 bridgehead atoms. The van der Waals surface area contributed by atoms with Crippen LogP contribution in [0.3, 0.4) is 0 Å². The molecule has 1 saturated heterocycles. The normalized spacial score (nSPS) is 19.4. The summed E-state index contributed by atoms with van der Waals surface area (Å²) in [5.74, 6) is 0. The Labute approximate surface area is 121 Å². The van der Waals surface area contributed by atoms with Gasteiger partial charge >= 0.3 is 0 Å². The number of piperazine rings is 1. The fourth-order valence-electron chi connectivity index (χ4n) is 2.52. The van der Waals surface area contributed by atoms with Crippen molar-refractivity contribution < 1.29 is 8.42 Å². The number of anilines is 1. The third kappa shape index (κ3) is 2.68. The van der Waals surface area contributed by atoms with Crippen molar-refractivity contribution in [2.45, 2.75) is 24.3 Å². The molecule has 1 heterocycles. The van der Waals surface area contributed by atoms with E-state index in [1.165, 1.54) is 4.31 Å². The summed E-state index contributed by atoms with van der Waals surface area (Å²) in [7, 11) is -0.307. The van der Waals surface area contributed by atoms with Crippen molar-refractivity contribution >= 4 is 15.7 Å². The Bertz CT molecular complexity index is 582. The molecule has 1 aliphatic heterocycles. The fourth-order valence-corrected chi connectivity index (χ4v) is 3.61. The van der Waals surface area contributed by atoms with E-state index in [2.05, 4.69) is 24.1 Å². The van der Waals surface area contributed by atoms with Gasteiger partial charge in [-0.2, -0.15) is 0 Å². The van der Waals surface area contributed by atoms with Gasteiger partial charge in [-0.05, 0) is 26.0 Å². The van der Waals surface area contributed by atoms with Crippen LogP contribution in [0, 0.1) is 0 Å². The van der Waals surface area contributed by atoms with Gasteiger partial charge in [0.25, 0.3) is 0 Å². The Balaban J connectivity index is 2.53. The maximum Gasteiger partial charge on any atom is 0.244 e. The number of hydrogen-bond donors (Lipinski definition) is 1. The zero-order valence-electron chi connectivity index (χ0n) is 12.5. The van der Waals surface area contributed by atoms with E-state index in [-0.39, 0.29) is 5.54 Å². The maximum atomic E-state index is 12.5. The fraction of sp³-hybridized carbons (Fsp3) is 0.571. The van der Waals surface area contributed by atoms with Crippen molar-refractivity contribution in [3.63, 3.8) is 0 Å². The van der Waals surface area contributed by atoms with Crippen molar-refractivity contribution in [1.29, 1.82) is 0 Å². The van der Waals surface area contributed by atoms with Crippen molar-refractivity contribution in [3.8, 4) is 0 Å². The lowest BCUT2D eigenvalue weighted by atomic mass is 9.99. The van der Waals surface area contributed by atoms with Gasteiger partial charge in [-0.1, -0.05) is 12.1 Å². The summed E-state index contributed by atoms with van der Waals surface area (Å²) in [4.78, 5) is 2.56. The highest BCUT2D eigenvalue weighted by atomic mass is 32.2. The lowest BCUT2D eigenvalue weighted by Crippen LogP contribution is -2.58. The van der Waals surface area contributed by atoms with Gasteiger partial charge in [0.2, 0.25) is 10.0 Å². The monoisotopic (exact) mass is 297 g/mol. The molecule has 0 atom stereocenters. The molecule has 0 aromatic heterocycles. The number of nitrogens with zero attached hydrogens (tertiary/aromatic N) is 2. The molecule has 2 rings (SSSR count). The molecule has 1 aliphatic rings. The molecule has 0 unspecified atom stereocenters. The van der Waals surface area contributed by atoms with Gasteiger partial charge in [-0.15, -0.1) is 0 Å². The summed E-state index contributed by atoms with van der Waals surface area (Å²) in [6, 6.07) is 7.24. The summed E-state index contributed by atoms with van der Waals surface area (Å²) in [6.07, 6.45) is 0. The molecule has 20 heavy (non-hydrogen) atoms. The van der Waals surface area contributed by atoms with Crippen molar-refractivity contribution in [2.24, 2.45) is 0 Å². The van der Waals surface area contributed by atoms with Crippen LogP contribution in [0.15, 0.2) is 29.2 Å². The Morgan fingerprint density at radius 1 is 1.25 bits per heavy atom. The Morgan fingerprint density at radius 3 is 2.50 bits per heavy atom. The quantitative estimate of drug-likeness (QED) is 0.908. The summed E-state index contributed by atoms with van der Waals surface area (Å²) in [6.45, 7) is 6.74. The molecule has 1 aromatic rings. The van der Waals surface area contributed by atoms with E-state index < -0.39 is 10.0 Å². The van der Waals surface area contributed by atoms with Gasteiger partial charge in [-0.3, -0.25) is 0 Å². The second-order valence-corrected chi connectivity index (χ2v) is 8.02. The largest absolute Gasteiger partial charge is 0.363 e. The molecule has 0 amide bonds. The van der Waals surface area contributed by atoms with Crippen LogP contribution < -0.4 is 10.2 Å². The van der Waals surface area contributed by atoms with Crippen LogP contribution in [0.5, 0.6) is 0 Å². The molecule has 1 N–H and O–H groups in total. The minimum absolute atomic E-state index is 0.115. The zero-order valence-corrected chi connectivity index (χ0v) is 13.4. The van der Waals surface area contributed by atoms with E-state index in [1.54, 1.807) is 26.2 Å². The first-order chi connectivity index (χ1) is 9.27. The molecule has 112 valence electrons. The minimum Gasteiger partial charge on any atom is -0.363 e. The highest BCUT2D eigenvalue weighted by Gasteiger charge is 2.33. The van der Waals surface area contributed by atoms with Gasteiger partial charge in [-0.25, -0.2) is 12.7 Å². The number of benzene rings is 1. The molecular weight excluding hydrogens is 274 g/mol. The zero-order chi connectivity index (χ0) is 15.0. The summed E-state index contributed by atoms with van der Waals surface area (Å²) in [5, 5.41) is 3.35. The van der Waals surface area contributed by atoms with Crippen LogP contribution in [-0.2, 0) is 10.0 Å². The molecule has 0 spiro atoms. The van der Waals surface area contributed by atoms with Crippen molar-refractivity contribution in [2.75, 3.05) is 38.6 Å². The molecule has 5 nitrogen and oxygen atoms in total. The number of nitrogens with one attached hydrogen (secondary N) is 1. The van der Waals surface area contributed by atoms with Crippen LogP contribution in [-0.4, -0.2) is 52.0 Å². The van der Waals surface area contributed by atoms with E-state index in [1.807, 2.05) is 12.1 Å². The van der Waals surface area contributed by atoms with Gasteiger partial charge < -0.3 is 10.2 Å². The predicted molar refractivity (Wildman–Crippen MR) is 81.6 cm³/mol. The molecule has 1 aromatic carbocycles. The lowest BCUT2D eigenvalue weighted by molar-refractivity contribution is 0.378. The van der Waals surface area contributed by atoms with Gasteiger partial charge in [0.05, 0.1) is 5.69 Å². The highest BCUT2D eigenvalue weighted by Crippen LogP contribution is 2.32. The topological polar surface area (TPSA) is 52.7 Å². The van der Waals surface area contributed by atoms with Crippen LogP contribution in [0.2, 0.25) is 0 Å². The van der Waals surface area contributed by atoms with E-state index >= 15 is 0 Å². The number of para-hydroxylation sites is 1. The second-order valence-electron chi connectivity index (χ2n) is 5.90. The first-order valence-corrected chi connectivity index (χ1v) is 8.21. The summed E-state index contributed by atoms with van der Waals surface area (Å²) >= 11 is 0. The van der Waals surface area contributed by atoms with Crippen LogP contribution >= 0.6 is 0 Å². The molecule has 1 fully saturated rings. The van der Waals surface area contributed by atoms with E-state index in [9.17, 15) is 8.42 Å². The Morgan fingerprint density at radius 2 is 1.90 bits per heavy atom. The molecule has 6 heteroatoms. The Kier molecular flexibility index (Phi) is 4.09. The van der Waals surface area contributed by atoms with E-state index in [4.69, 9.17) is 0 Å². The predicted octanol–water partition coefficient (Wildman–Crippen LogP) is 1.13. The number of sulfonamides is 1. The van der Waals surface area contributed by atoms with Crippen molar-refractivity contribution in [3.05, 3.63) is 24.3 Å². The second kappa shape index (κ2) is 5.35. The van der Waals surface area contributed by atoms with Crippen LogP contribution in [0.4, 0.5) is 5.69 Å². The third-order valence-electron chi connectivity index (χ3n) is 3.72. The molecular formula is C14H23N3O2S. The summed E-state index contributed by atoms with van der Waals surface area (Å²) < 4.78 is 26.2. The first-order valence-electron chi connectivity index (χ1n) is 6.77. The lowest BCUT2D eigenvalue weighted by Gasteiger charge is -2.45. The molecule has 0 aliphatic carbocycles. The minimum atomic E-state index is -3.44. The average molecular weight is 297 g/mol. The third-order valence-corrected chi connectivity index (χ3v) is 5.58. The van der Waals surface area contributed by atoms with Crippen LogP contribution in [0.25, 0.3) is 0 Å². The SMILES string of the molecule is CN(C)S(=O)(=O)c1ccccc1N1CCNCC1(C)C. The highest BCUT2D eigenvalue weighted by molar-refractivity contribution is 7.89. The molecule has 0 saturated carbocycles. The summed E-state index contributed by atoms with van der Waals surface area (Å²) in [5.41, 5.74) is 0.670. The Hall–Kier alpha value is -1.11. The maximum absolute atomic E-state index is 12.5. The van der Waals surface area contributed by atoms with Crippen LogP contribution in [0.1, 0.15) is 13.8 Å².